The first-order chi connectivity index (χ1) is 4.42. The Morgan fingerprint density at radius 3 is 2.80 bits per heavy atom. The normalized spacial score (nSPS) is 16.3. The van der Waals surface area contributed by atoms with Crippen LogP contribution in [0.1, 0.15) is 0 Å². The number of hydrogen-bond donors (Lipinski definition) is 3. The van der Waals surface area contributed by atoms with E-state index in [1.807, 2.05) is 5.48 Å². The maximum atomic E-state index is 11.4. The fourth-order valence-corrected chi connectivity index (χ4v) is 0.762. The van der Waals surface area contributed by atoms with Gasteiger partial charge in [0.15, 0.2) is 5.62 Å². The molecule has 0 saturated heterocycles. The number of nitrogens with one attached hydrogen (secondary N) is 1. The number of rotatable bonds is 4. The molecule has 4 nitrogen and oxygen atoms in total. The van der Waals surface area contributed by atoms with Gasteiger partial charge in [-0.15, -0.1) is 0 Å². The quantitative estimate of drug-likeness (QED) is 0.263. The molecule has 0 fully saturated rings. The molecule has 8 heteroatoms. The van der Waals surface area contributed by atoms with E-state index in [1.54, 1.807) is 0 Å². The van der Waals surface area contributed by atoms with E-state index in [0.29, 0.717) is 0 Å². The van der Waals surface area contributed by atoms with Crippen molar-refractivity contribution in [3.05, 3.63) is 0 Å². The molecular formula is C2H6FN2O2PS2. The molecule has 0 bridgehead atoms. The summed E-state index contributed by atoms with van der Waals surface area (Å²) in [4.78, 5) is 9.63. The lowest BCUT2D eigenvalue weighted by molar-refractivity contribution is -0.129. The van der Waals surface area contributed by atoms with Crippen LogP contribution in [0.15, 0.2) is 0 Å². The largest absolute Gasteiger partial charge is 0.317 e. The van der Waals surface area contributed by atoms with Crippen LogP contribution in [0.2, 0.25) is 0 Å². The molecule has 0 radical (unpaired) electrons. The highest BCUT2D eigenvalue weighted by atomic mass is 32.9. The van der Waals surface area contributed by atoms with Gasteiger partial charge in [0.25, 0.3) is 0 Å². The maximum Gasteiger partial charge on any atom is 0.317 e. The molecule has 0 aromatic carbocycles. The zero-order valence-electron chi connectivity index (χ0n) is 4.78. The van der Waals surface area contributed by atoms with E-state index in [4.69, 9.17) is 5.50 Å². The summed E-state index contributed by atoms with van der Waals surface area (Å²) in [6.45, 7) is -0.559. The van der Waals surface area contributed by atoms with Gasteiger partial charge >= 0.3 is 6.04 Å². The lowest BCUT2D eigenvalue weighted by Crippen LogP contribution is -2.19. The first-order valence-corrected chi connectivity index (χ1v) is 6.07. The molecule has 0 amide bonds. The maximum absolute atomic E-state index is 11.4. The van der Waals surface area contributed by atoms with Crippen molar-refractivity contribution in [1.29, 1.82) is 0 Å². The molecule has 0 aliphatic heterocycles. The monoisotopic (exact) mass is 204 g/mol. The first kappa shape index (κ1) is 10.5. The van der Waals surface area contributed by atoms with Crippen molar-refractivity contribution in [3.8, 4) is 0 Å². The van der Waals surface area contributed by atoms with Crippen LogP contribution in [0.4, 0.5) is 4.39 Å². The zero-order chi connectivity index (χ0) is 8.20. The Bertz CT molecular complexity index is 171. The number of hydroxylamine groups is 1. The first-order valence-electron chi connectivity index (χ1n) is 2.13. The summed E-state index contributed by atoms with van der Waals surface area (Å²) in [5, 5.41) is 0. The van der Waals surface area contributed by atoms with Gasteiger partial charge in [0.1, 0.15) is 6.54 Å². The fourth-order valence-electron chi connectivity index (χ4n) is 0.182. The van der Waals surface area contributed by atoms with E-state index in [1.165, 1.54) is 0 Å². The number of nitrogens with two attached hydrogens (primary N) is 1. The summed E-state index contributed by atoms with van der Waals surface area (Å²) in [5.74, 6) is 0. The van der Waals surface area contributed by atoms with Crippen LogP contribution >= 0.6 is 17.9 Å². The fraction of sp³-hybridized carbons (Fsp3) is 0.500. The Balaban J connectivity index is 3.39. The van der Waals surface area contributed by atoms with Crippen molar-refractivity contribution in [1.82, 2.24) is 5.48 Å². The minimum Gasteiger partial charge on any atom is -0.273 e. The summed E-state index contributed by atoms with van der Waals surface area (Å²) in [5.41, 5.74) is 4.41. The molecule has 0 aliphatic carbocycles. The van der Waals surface area contributed by atoms with Gasteiger partial charge in [-0.2, -0.15) is 9.87 Å². The van der Waals surface area contributed by atoms with Crippen LogP contribution in [-0.4, -0.2) is 12.6 Å². The average Bonchev–Trinajstić information content (AvgIpc) is 1.59. The van der Waals surface area contributed by atoms with Gasteiger partial charge in [-0.1, -0.05) is 12.2 Å². The standard InChI is InChI=1S/C2H6FN2O2PS2/c3-2(6)1-5-7-8(4,9)10/h5H,1H2,(H3,4,9,10). The molecule has 0 aromatic rings. The Labute approximate surface area is 67.6 Å². The molecule has 60 valence electrons. The molecular weight excluding hydrogens is 198 g/mol. The Morgan fingerprint density at radius 2 is 2.50 bits per heavy atom. The number of halogens is 1. The van der Waals surface area contributed by atoms with Gasteiger partial charge in [0.05, 0.1) is 0 Å². The lowest BCUT2D eigenvalue weighted by atomic mass is 10.7. The van der Waals surface area contributed by atoms with Gasteiger partial charge in [-0.3, -0.25) is 10.3 Å². The highest BCUT2D eigenvalue weighted by Gasteiger charge is 2.04. The topological polar surface area (TPSA) is 64.3 Å². The van der Waals surface area contributed by atoms with Crippen molar-refractivity contribution < 1.29 is 13.8 Å². The minimum atomic E-state index is -2.62. The van der Waals surface area contributed by atoms with Crippen LogP contribution in [0.25, 0.3) is 0 Å². The highest BCUT2D eigenvalue weighted by molar-refractivity contribution is 8.61. The molecule has 3 N–H and O–H groups in total. The van der Waals surface area contributed by atoms with Gasteiger partial charge < -0.3 is 0 Å². The molecule has 0 spiro atoms. The summed E-state index contributed by atoms with van der Waals surface area (Å²) in [6.07, 6.45) is 0. The van der Waals surface area contributed by atoms with E-state index in [9.17, 15) is 9.18 Å². The van der Waals surface area contributed by atoms with Crippen LogP contribution in [0.3, 0.4) is 0 Å². The molecule has 1 atom stereocenters. The van der Waals surface area contributed by atoms with E-state index < -0.39 is 18.2 Å². The van der Waals surface area contributed by atoms with Crippen molar-refractivity contribution in [2.24, 2.45) is 5.50 Å². The van der Waals surface area contributed by atoms with Crippen LogP contribution < -0.4 is 11.0 Å². The Kier molecular flexibility index (Phi) is 4.59. The summed E-state index contributed by atoms with van der Waals surface area (Å²) >= 11 is 8.11. The van der Waals surface area contributed by atoms with Crippen molar-refractivity contribution in [2.45, 2.75) is 0 Å². The SMILES string of the molecule is NP(=S)(S)ONCC(=O)F. The van der Waals surface area contributed by atoms with Crippen molar-refractivity contribution in [3.63, 3.8) is 0 Å². The molecule has 0 saturated carbocycles. The average molecular weight is 204 g/mol. The minimum absolute atomic E-state index is 0.559. The molecule has 0 aromatic heterocycles. The molecule has 0 heterocycles. The second-order valence-electron chi connectivity index (χ2n) is 1.33. The molecule has 0 aliphatic rings. The second kappa shape index (κ2) is 4.38. The van der Waals surface area contributed by atoms with E-state index in [0.717, 1.165) is 0 Å². The smallest absolute Gasteiger partial charge is 0.273 e. The van der Waals surface area contributed by atoms with E-state index >= 15 is 0 Å². The van der Waals surface area contributed by atoms with Crippen LogP contribution in [0, 0.1) is 0 Å². The van der Waals surface area contributed by atoms with Gasteiger partial charge in [-0.05, 0) is 11.8 Å². The zero-order valence-corrected chi connectivity index (χ0v) is 7.39. The number of carbonyl (C=O) groups is 1. The predicted octanol–water partition coefficient (Wildman–Crippen LogP) is 0.117. The second-order valence-corrected chi connectivity index (χ2v) is 6.86. The van der Waals surface area contributed by atoms with Gasteiger partial charge in [0.2, 0.25) is 0 Å². The van der Waals surface area contributed by atoms with E-state index in [-0.39, 0.29) is 0 Å². The Hall–Kier alpha value is 0.480. The third-order valence-electron chi connectivity index (χ3n) is 0.406. The van der Waals surface area contributed by atoms with Crippen LogP contribution in [-0.2, 0) is 21.2 Å². The summed E-state index contributed by atoms with van der Waals surface area (Å²) in [7, 11) is 0. The number of hydrogen-bond acceptors (Lipinski definition) is 4. The number of thiol groups is 1. The van der Waals surface area contributed by atoms with Crippen molar-refractivity contribution in [2.75, 3.05) is 6.54 Å². The summed E-state index contributed by atoms with van der Waals surface area (Å²) < 4.78 is 15.8. The molecule has 0 rings (SSSR count). The van der Waals surface area contributed by atoms with Gasteiger partial charge in [-0.25, -0.2) is 4.62 Å². The van der Waals surface area contributed by atoms with E-state index in [2.05, 4.69) is 28.7 Å². The highest BCUT2D eigenvalue weighted by Crippen LogP contribution is 2.41. The van der Waals surface area contributed by atoms with Gasteiger partial charge in [0, 0.05) is 0 Å². The van der Waals surface area contributed by atoms with Crippen LogP contribution in [0.5, 0.6) is 0 Å². The third kappa shape index (κ3) is 8.48. The Morgan fingerprint density at radius 1 is 2.00 bits per heavy atom. The third-order valence-corrected chi connectivity index (χ3v) is 1.27. The molecule has 10 heavy (non-hydrogen) atoms. The number of carbonyl (C=O) groups excluding carboxylic acids is 1. The predicted molar refractivity (Wildman–Crippen MR) is 42.7 cm³/mol. The lowest BCUT2D eigenvalue weighted by Gasteiger charge is -2.07. The summed E-state index contributed by atoms with van der Waals surface area (Å²) in [6, 6.07) is -1.54. The van der Waals surface area contributed by atoms with Crippen molar-refractivity contribution >= 4 is 35.7 Å². The molecule has 1 unspecified atom stereocenters.